The Labute approximate surface area is 82.9 Å². The molecule has 0 aliphatic rings. The first-order valence-electron chi connectivity index (χ1n) is 4.35. The van der Waals surface area contributed by atoms with Crippen LogP contribution in [0.25, 0.3) is 0 Å². The van der Waals surface area contributed by atoms with E-state index in [2.05, 4.69) is 15.5 Å². The van der Waals surface area contributed by atoms with Gasteiger partial charge in [-0.15, -0.1) is 10.2 Å². The number of rotatable bonds is 4. The Kier molecular flexibility index (Phi) is 3.58. The highest BCUT2D eigenvalue weighted by molar-refractivity contribution is 5.77. The molecule has 1 aromatic rings. The second kappa shape index (κ2) is 4.71. The molecule has 1 rings (SSSR count). The minimum absolute atomic E-state index is 0.0483. The van der Waals surface area contributed by atoms with E-state index < -0.39 is 0 Å². The molecule has 0 saturated heterocycles. The Hall–Kier alpha value is -1.43. The van der Waals surface area contributed by atoms with Gasteiger partial charge in [-0.1, -0.05) is 0 Å². The second-order valence-corrected chi connectivity index (χ2v) is 3.25. The summed E-state index contributed by atoms with van der Waals surface area (Å²) in [5.74, 6) is 0.865. The fourth-order valence-electron chi connectivity index (χ4n) is 0.907. The molecule has 0 aliphatic carbocycles. The third-order valence-electron chi connectivity index (χ3n) is 1.86. The molecule has 0 fully saturated rings. The van der Waals surface area contributed by atoms with Gasteiger partial charge in [0, 0.05) is 21.1 Å². The van der Waals surface area contributed by atoms with Gasteiger partial charge < -0.3 is 14.8 Å². The van der Waals surface area contributed by atoms with Gasteiger partial charge in [0.15, 0.2) is 0 Å². The molecule has 0 atom stereocenters. The van der Waals surface area contributed by atoms with Crippen molar-refractivity contribution in [3.63, 3.8) is 0 Å². The van der Waals surface area contributed by atoms with E-state index in [9.17, 15) is 4.79 Å². The van der Waals surface area contributed by atoms with Crippen molar-refractivity contribution in [1.82, 2.24) is 25.0 Å². The van der Waals surface area contributed by atoms with Gasteiger partial charge in [0.2, 0.25) is 5.91 Å². The third kappa shape index (κ3) is 2.81. The molecular weight excluding hydrogens is 182 g/mol. The summed E-state index contributed by atoms with van der Waals surface area (Å²) in [6.07, 6.45) is 1.63. The van der Waals surface area contributed by atoms with Gasteiger partial charge in [0.05, 0.1) is 13.1 Å². The maximum absolute atomic E-state index is 11.2. The van der Waals surface area contributed by atoms with Crippen molar-refractivity contribution >= 4 is 5.91 Å². The number of carbonyl (C=O) groups excluding carboxylic acids is 1. The number of hydrogen-bond donors (Lipinski definition) is 1. The average Bonchev–Trinajstić information content (AvgIpc) is 2.51. The van der Waals surface area contributed by atoms with E-state index >= 15 is 0 Å². The van der Waals surface area contributed by atoms with Gasteiger partial charge in [-0.2, -0.15) is 0 Å². The van der Waals surface area contributed by atoms with Crippen LogP contribution in [0.2, 0.25) is 0 Å². The molecule has 0 bridgehead atoms. The van der Waals surface area contributed by atoms with Crippen LogP contribution in [-0.4, -0.2) is 46.2 Å². The summed E-state index contributed by atoms with van der Waals surface area (Å²) in [5, 5.41) is 10.6. The monoisotopic (exact) mass is 197 g/mol. The zero-order chi connectivity index (χ0) is 10.6. The second-order valence-electron chi connectivity index (χ2n) is 3.25. The summed E-state index contributed by atoms with van der Waals surface area (Å²) in [5.41, 5.74) is 0. The van der Waals surface area contributed by atoms with Gasteiger partial charge in [-0.3, -0.25) is 4.79 Å². The lowest BCUT2D eigenvalue weighted by Gasteiger charge is -2.10. The highest BCUT2D eigenvalue weighted by Crippen LogP contribution is 1.89. The van der Waals surface area contributed by atoms with Crippen molar-refractivity contribution in [2.75, 3.05) is 20.6 Å². The van der Waals surface area contributed by atoms with Crippen molar-refractivity contribution in [3.05, 3.63) is 12.2 Å². The number of likely N-dealkylation sites (N-methyl/N-ethyl adjacent to an activating group) is 1. The van der Waals surface area contributed by atoms with Crippen LogP contribution in [0.1, 0.15) is 5.82 Å². The lowest BCUT2D eigenvalue weighted by atomic mass is 10.5. The number of hydrogen-bond acceptors (Lipinski definition) is 4. The van der Waals surface area contributed by atoms with E-state index in [-0.39, 0.29) is 5.91 Å². The van der Waals surface area contributed by atoms with Crippen LogP contribution < -0.4 is 5.32 Å². The molecule has 1 amide bonds. The molecule has 6 heteroatoms. The number of aromatic nitrogens is 3. The zero-order valence-electron chi connectivity index (χ0n) is 8.69. The predicted octanol–water partition coefficient (Wildman–Crippen LogP) is -1.01. The van der Waals surface area contributed by atoms with E-state index in [1.165, 1.54) is 0 Å². The van der Waals surface area contributed by atoms with Crippen molar-refractivity contribution < 1.29 is 4.79 Å². The summed E-state index contributed by atoms with van der Waals surface area (Å²) in [6, 6.07) is 0. The standard InChI is InChI=1S/C8H15N5O/c1-12(2)8(14)5-9-4-7-11-10-6-13(7)3/h6,9H,4-5H2,1-3H3. The minimum Gasteiger partial charge on any atom is -0.348 e. The van der Waals surface area contributed by atoms with Crippen LogP contribution in [0.4, 0.5) is 0 Å². The van der Waals surface area contributed by atoms with Gasteiger partial charge in [0.1, 0.15) is 12.2 Å². The molecule has 0 spiro atoms. The van der Waals surface area contributed by atoms with E-state index in [0.717, 1.165) is 5.82 Å². The summed E-state index contributed by atoms with van der Waals surface area (Å²) < 4.78 is 1.81. The number of amides is 1. The molecule has 6 nitrogen and oxygen atoms in total. The predicted molar refractivity (Wildman–Crippen MR) is 51.4 cm³/mol. The van der Waals surface area contributed by atoms with E-state index in [0.29, 0.717) is 13.1 Å². The number of aryl methyl sites for hydroxylation is 1. The quantitative estimate of drug-likeness (QED) is 0.672. The lowest BCUT2D eigenvalue weighted by molar-refractivity contribution is -0.127. The van der Waals surface area contributed by atoms with Crippen LogP contribution in [0.5, 0.6) is 0 Å². The maximum atomic E-state index is 11.2. The Morgan fingerprint density at radius 2 is 2.36 bits per heavy atom. The van der Waals surface area contributed by atoms with Gasteiger partial charge in [-0.25, -0.2) is 0 Å². The minimum atomic E-state index is 0.0483. The van der Waals surface area contributed by atoms with Crippen LogP contribution in [-0.2, 0) is 18.4 Å². The Morgan fingerprint density at radius 1 is 1.64 bits per heavy atom. The topological polar surface area (TPSA) is 63.1 Å². The van der Waals surface area contributed by atoms with E-state index in [4.69, 9.17) is 0 Å². The molecule has 1 N–H and O–H groups in total. The Bertz CT molecular complexity index is 306. The zero-order valence-corrected chi connectivity index (χ0v) is 8.69. The molecule has 1 aromatic heterocycles. The van der Waals surface area contributed by atoms with Crippen molar-refractivity contribution in [1.29, 1.82) is 0 Å². The molecule has 0 unspecified atom stereocenters. The highest BCUT2D eigenvalue weighted by Gasteiger charge is 2.04. The number of nitrogens with one attached hydrogen (secondary N) is 1. The normalized spacial score (nSPS) is 10.2. The third-order valence-corrected chi connectivity index (χ3v) is 1.86. The number of nitrogens with zero attached hydrogens (tertiary/aromatic N) is 4. The first kappa shape index (κ1) is 10.6. The summed E-state index contributed by atoms with van der Waals surface area (Å²) in [7, 11) is 5.32. The van der Waals surface area contributed by atoms with Crippen LogP contribution >= 0.6 is 0 Å². The number of carbonyl (C=O) groups is 1. The first-order valence-corrected chi connectivity index (χ1v) is 4.35. The first-order chi connectivity index (χ1) is 6.61. The van der Waals surface area contributed by atoms with Crippen molar-refractivity contribution in [2.24, 2.45) is 7.05 Å². The van der Waals surface area contributed by atoms with Gasteiger partial charge in [-0.05, 0) is 0 Å². The van der Waals surface area contributed by atoms with E-state index in [1.54, 1.807) is 25.3 Å². The van der Waals surface area contributed by atoms with Crippen molar-refractivity contribution in [2.45, 2.75) is 6.54 Å². The molecule has 0 aromatic carbocycles. The summed E-state index contributed by atoms with van der Waals surface area (Å²) >= 11 is 0. The van der Waals surface area contributed by atoms with Gasteiger partial charge >= 0.3 is 0 Å². The Balaban J connectivity index is 2.29. The fraction of sp³-hybridized carbons (Fsp3) is 0.625. The molecule has 78 valence electrons. The smallest absolute Gasteiger partial charge is 0.236 e. The van der Waals surface area contributed by atoms with E-state index in [1.807, 2.05) is 11.6 Å². The average molecular weight is 197 g/mol. The van der Waals surface area contributed by atoms with Crippen LogP contribution in [0, 0.1) is 0 Å². The largest absolute Gasteiger partial charge is 0.348 e. The molecule has 0 radical (unpaired) electrons. The fourth-order valence-corrected chi connectivity index (χ4v) is 0.907. The van der Waals surface area contributed by atoms with Crippen LogP contribution in [0.3, 0.4) is 0 Å². The van der Waals surface area contributed by atoms with Crippen molar-refractivity contribution in [3.8, 4) is 0 Å². The molecule has 1 heterocycles. The SMILES string of the molecule is CN(C)C(=O)CNCc1nncn1C. The van der Waals surface area contributed by atoms with Crippen LogP contribution in [0.15, 0.2) is 6.33 Å². The molecule has 0 saturated carbocycles. The maximum Gasteiger partial charge on any atom is 0.236 e. The molecule has 14 heavy (non-hydrogen) atoms. The Morgan fingerprint density at radius 3 is 2.86 bits per heavy atom. The summed E-state index contributed by atoms with van der Waals surface area (Å²) in [6.45, 7) is 0.871. The lowest BCUT2D eigenvalue weighted by Crippen LogP contribution is -2.33. The highest BCUT2D eigenvalue weighted by atomic mass is 16.2. The molecule has 0 aliphatic heterocycles. The summed E-state index contributed by atoms with van der Waals surface area (Å²) in [4.78, 5) is 12.7. The van der Waals surface area contributed by atoms with Gasteiger partial charge in [0.25, 0.3) is 0 Å². The molecular formula is C8H15N5O.